The fraction of sp³-hybridized carbons (Fsp3) is 1.00. The number of hydrogen-bond acceptors (Lipinski definition) is 3. The van der Waals surface area contributed by atoms with Gasteiger partial charge in [0.05, 0.1) is 12.2 Å². The van der Waals surface area contributed by atoms with E-state index in [9.17, 15) is 0 Å². The number of nitrogens with zero attached hydrogens (tertiary/aromatic N) is 1. The van der Waals surface area contributed by atoms with Crippen LogP contribution in [0.15, 0.2) is 0 Å². The molecule has 3 heteroatoms. The Kier molecular flexibility index (Phi) is 4.68. The number of morpholine rings is 1. The third-order valence-electron chi connectivity index (χ3n) is 6.06. The molecule has 20 heavy (non-hydrogen) atoms. The first-order valence-electron chi connectivity index (χ1n) is 8.86. The Labute approximate surface area is 124 Å². The van der Waals surface area contributed by atoms with E-state index in [2.05, 4.69) is 11.8 Å². The summed E-state index contributed by atoms with van der Waals surface area (Å²) in [7, 11) is 0. The first-order valence-corrected chi connectivity index (χ1v) is 8.86. The predicted octanol–water partition coefficient (Wildman–Crippen LogP) is 2.93. The van der Waals surface area contributed by atoms with Crippen LogP contribution in [0.4, 0.5) is 0 Å². The molecule has 3 fully saturated rings. The van der Waals surface area contributed by atoms with Gasteiger partial charge in [0.2, 0.25) is 0 Å². The van der Waals surface area contributed by atoms with Gasteiger partial charge in [-0.2, -0.15) is 0 Å². The minimum absolute atomic E-state index is 0.285. The molecule has 2 N–H and O–H groups in total. The van der Waals surface area contributed by atoms with Crippen LogP contribution in [-0.2, 0) is 4.74 Å². The van der Waals surface area contributed by atoms with Gasteiger partial charge < -0.3 is 10.5 Å². The minimum atomic E-state index is 0.285. The first kappa shape index (κ1) is 14.8. The van der Waals surface area contributed by atoms with E-state index in [1.807, 2.05) is 0 Å². The average molecular weight is 280 g/mol. The Hall–Kier alpha value is -0.120. The second-order valence-electron chi connectivity index (χ2n) is 7.38. The normalized spacial score (nSPS) is 42.6. The zero-order valence-corrected chi connectivity index (χ0v) is 13.2. The summed E-state index contributed by atoms with van der Waals surface area (Å²) in [5.74, 6) is 0.950. The van der Waals surface area contributed by atoms with E-state index in [0.29, 0.717) is 12.2 Å². The van der Waals surface area contributed by atoms with E-state index in [-0.39, 0.29) is 5.54 Å². The smallest absolute Gasteiger partial charge is 0.0707 e. The topological polar surface area (TPSA) is 38.5 Å². The Morgan fingerprint density at radius 1 is 1.10 bits per heavy atom. The summed E-state index contributed by atoms with van der Waals surface area (Å²) in [6.45, 7) is 5.42. The average Bonchev–Trinajstić information content (AvgIpc) is 2.69. The van der Waals surface area contributed by atoms with Gasteiger partial charge in [-0.15, -0.1) is 0 Å². The largest absolute Gasteiger partial charge is 0.372 e. The van der Waals surface area contributed by atoms with E-state index in [1.54, 1.807) is 0 Å². The lowest BCUT2D eigenvalue weighted by molar-refractivity contribution is -0.0806. The zero-order valence-electron chi connectivity index (χ0n) is 13.2. The van der Waals surface area contributed by atoms with Crippen LogP contribution in [0.2, 0.25) is 0 Å². The predicted molar refractivity (Wildman–Crippen MR) is 82.7 cm³/mol. The number of hydrogen-bond donors (Lipinski definition) is 1. The van der Waals surface area contributed by atoms with E-state index in [0.717, 1.165) is 25.6 Å². The fourth-order valence-corrected chi connectivity index (χ4v) is 4.81. The van der Waals surface area contributed by atoms with Crippen LogP contribution in [0.3, 0.4) is 0 Å². The third kappa shape index (κ3) is 2.90. The van der Waals surface area contributed by atoms with E-state index >= 15 is 0 Å². The van der Waals surface area contributed by atoms with Crippen LogP contribution in [0.25, 0.3) is 0 Å². The van der Waals surface area contributed by atoms with Crippen molar-refractivity contribution in [3.8, 4) is 0 Å². The van der Waals surface area contributed by atoms with Crippen LogP contribution in [0, 0.1) is 5.92 Å². The number of likely N-dealkylation sites (tertiary alicyclic amines) is 1. The minimum Gasteiger partial charge on any atom is -0.372 e. The summed E-state index contributed by atoms with van der Waals surface area (Å²) in [5, 5.41) is 0. The zero-order chi connectivity index (χ0) is 14.0. The molecule has 2 heterocycles. The molecule has 1 saturated carbocycles. The number of fused-ring (bicyclic) bond motifs is 2. The van der Waals surface area contributed by atoms with Gasteiger partial charge in [-0.3, -0.25) is 4.90 Å². The molecule has 2 bridgehead atoms. The second kappa shape index (κ2) is 6.33. The van der Waals surface area contributed by atoms with Crippen molar-refractivity contribution < 1.29 is 4.74 Å². The quantitative estimate of drug-likeness (QED) is 0.805. The summed E-state index contributed by atoms with van der Waals surface area (Å²) in [5.41, 5.74) is 6.57. The third-order valence-corrected chi connectivity index (χ3v) is 6.06. The Morgan fingerprint density at radius 3 is 2.50 bits per heavy atom. The SMILES string of the molecule is CCCC1CCCC(CN)(N2CC3CCC(C2)O3)CC1. The maximum absolute atomic E-state index is 6.29. The molecule has 0 spiro atoms. The maximum Gasteiger partial charge on any atom is 0.0707 e. The molecule has 3 rings (SSSR count). The van der Waals surface area contributed by atoms with E-state index in [4.69, 9.17) is 10.5 Å². The lowest BCUT2D eigenvalue weighted by Crippen LogP contribution is -2.59. The van der Waals surface area contributed by atoms with Gasteiger partial charge in [-0.1, -0.05) is 32.6 Å². The molecule has 3 aliphatic rings. The van der Waals surface area contributed by atoms with Crippen LogP contribution in [0.5, 0.6) is 0 Å². The lowest BCUT2D eigenvalue weighted by Gasteiger charge is -2.47. The van der Waals surface area contributed by atoms with Gasteiger partial charge in [0, 0.05) is 25.2 Å². The molecule has 1 aliphatic carbocycles. The van der Waals surface area contributed by atoms with E-state index < -0.39 is 0 Å². The van der Waals surface area contributed by atoms with Gasteiger partial charge in [0.15, 0.2) is 0 Å². The number of nitrogens with two attached hydrogens (primary N) is 1. The van der Waals surface area contributed by atoms with Gasteiger partial charge in [0.1, 0.15) is 0 Å². The Balaban J connectivity index is 1.67. The number of rotatable bonds is 4. The highest BCUT2D eigenvalue weighted by molar-refractivity contribution is 4.99. The molecule has 2 aliphatic heterocycles. The molecule has 0 aromatic heterocycles. The van der Waals surface area contributed by atoms with Crippen molar-refractivity contribution in [1.29, 1.82) is 0 Å². The number of ether oxygens (including phenoxy) is 1. The highest BCUT2D eigenvalue weighted by Gasteiger charge is 2.44. The first-order chi connectivity index (χ1) is 9.75. The van der Waals surface area contributed by atoms with E-state index in [1.165, 1.54) is 57.8 Å². The molecular weight excluding hydrogens is 248 g/mol. The van der Waals surface area contributed by atoms with Crippen molar-refractivity contribution in [2.75, 3.05) is 19.6 Å². The standard InChI is InChI=1S/C17H32N2O/c1-2-4-14-5-3-9-17(13-18,10-8-14)19-11-15-6-7-16(12-19)20-15/h14-16H,2-13,18H2,1H3. The second-order valence-corrected chi connectivity index (χ2v) is 7.38. The lowest BCUT2D eigenvalue weighted by atomic mass is 9.86. The Morgan fingerprint density at radius 2 is 1.85 bits per heavy atom. The summed E-state index contributed by atoms with van der Waals surface area (Å²) in [4.78, 5) is 2.73. The van der Waals surface area contributed by atoms with Crippen molar-refractivity contribution in [3.05, 3.63) is 0 Å². The fourth-order valence-electron chi connectivity index (χ4n) is 4.81. The Bertz CT molecular complexity index is 310. The highest BCUT2D eigenvalue weighted by Crippen LogP contribution is 2.39. The molecule has 0 aromatic carbocycles. The van der Waals surface area contributed by atoms with Crippen molar-refractivity contribution in [1.82, 2.24) is 4.90 Å². The molecule has 2 saturated heterocycles. The molecule has 0 aromatic rings. The van der Waals surface area contributed by atoms with Crippen LogP contribution in [0.1, 0.15) is 64.7 Å². The highest BCUT2D eigenvalue weighted by atomic mass is 16.5. The monoisotopic (exact) mass is 280 g/mol. The summed E-state index contributed by atoms with van der Waals surface area (Å²) >= 11 is 0. The molecule has 116 valence electrons. The van der Waals surface area contributed by atoms with Crippen LogP contribution < -0.4 is 5.73 Å². The summed E-state index contributed by atoms with van der Waals surface area (Å²) in [6.07, 6.45) is 13.1. The van der Waals surface area contributed by atoms with Gasteiger partial charge >= 0.3 is 0 Å². The summed E-state index contributed by atoms with van der Waals surface area (Å²) < 4.78 is 6.02. The molecule has 0 radical (unpaired) electrons. The maximum atomic E-state index is 6.29. The molecule has 3 nitrogen and oxygen atoms in total. The molecule has 4 unspecified atom stereocenters. The van der Waals surface area contributed by atoms with Crippen molar-refractivity contribution >= 4 is 0 Å². The van der Waals surface area contributed by atoms with Gasteiger partial charge in [-0.25, -0.2) is 0 Å². The molecule has 4 atom stereocenters. The van der Waals surface area contributed by atoms with Gasteiger partial charge in [-0.05, 0) is 38.0 Å². The summed E-state index contributed by atoms with van der Waals surface area (Å²) in [6, 6.07) is 0. The van der Waals surface area contributed by atoms with Crippen molar-refractivity contribution in [2.45, 2.75) is 82.5 Å². The van der Waals surface area contributed by atoms with Crippen LogP contribution >= 0.6 is 0 Å². The van der Waals surface area contributed by atoms with Gasteiger partial charge in [0.25, 0.3) is 0 Å². The molecule has 0 amide bonds. The van der Waals surface area contributed by atoms with Crippen LogP contribution in [-0.4, -0.2) is 42.3 Å². The van der Waals surface area contributed by atoms with Crippen molar-refractivity contribution in [2.24, 2.45) is 11.7 Å². The molecular formula is C17H32N2O. The van der Waals surface area contributed by atoms with Crippen molar-refractivity contribution in [3.63, 3.8) is 0 Å².